The van der Waals surface area contributed by atoms with E-state index in [9.17, 15) is 9.59 Å². The monoisotopic (exact) mass is 118 g/mol. The molecule has 0 amide bonds. The van der Waals surface area contributed by atoms with Crippen molar-refractivity contribution in [3.63, 3.8) is 0 Å². The molecule has 0 bridgehead atoms. The molecule has 0 aliphatic heterocycles. The zero-order valence-electron chi connectivity index (χ0n) is 4.16. The van der Waals surface area contributed by atoms with Crippen LogP contribution in [0.25, 0.3) is 0 Å². The Balaban J connectivity index is 3.11. The van der Waals surface area contributed by atoms with Crippen molar-refractivity contribution in [2.45, 2.75) is 0 Å². The Morgan fingerprint density at radius 2 is 2.38 bits per heavy atom. The summed E-state index contributed by atoms with van der Waals surface area (Å²) in [6.07, 6.45) is 0. The number of aliphatic hydroxyl groups is 1. The maximum Gasteiger partial charge on any atom is 0.293 e. The fourth-order valence-corrected chi connectivity index (χ4v) is 0.173. The van der Waals surface area contributed by atoms with E-state index in [4.69, 9.17) is 5.11 Å². The SMILES string of the molecule is O=COCC(=O)CO. The van der Waals surface area contributed by atoms with Gasteiger partial charge in [-0.2, -0.15) is 0 Å². The third-order valence-corrected chi connectivity index (χ3v) is 0.489. The summed E-state index contributed by atoms with van der Waals surface area (Å²) in [4.78, 5) is 19.4. The van der Waals surface area contributed by atoms with Crippen LogP contribution in [0.3, 0.4) is 0 Å². The van der Waals surface area contributed by atoms with Crippen molar-refractivity contribution in [3.05, 3.63) is 0 Å². The molecule has 0 aromatic rings. The van der Waals surface area contributed by atoms with Crippen molar-refractivity contribution in [1.29, 1.82) is 0 Å². The van der Waals surface area contributed by atoms with Crippen LogP contribution in [0.2, 0.25) is 0 Å². The fraction of sp³-hybridized carbons (Fsp3) is 0.500. The summed E-state index contributed by atoms with van der Waals surface area (Å²) in [6, 6.07) is 0. The Kier molecular flexibility index (Phi) is 3.78. The lowest BCUT2D eigenvalue weighted by molar-refractivity contribution is -0.137. The number of ketones is 1. The van der Waals surface area contributed by atoms with Crippen molar-refractivity contribution in [2.24, 2.45) is 0 Å². The normalized spacial score (nSPS) is 8.12. The van der Waals surface area contributed by atoms with Crippen molar-refractivity contribution in [2.75, 3.05) is 13.2 Å². The van der Waals surface area contributed by atoms with Crippen LogP contribution in [-0.4, -0.2) is 30.6 Å². The summed E-state index contributed by atoms with van der Waals surface area (Å²) in [5.41, 5.74) is 0. The predicted octanol–water partition coefficient (Wildman–Crippen LogP) is -1.28. The molecule has 0 aromatic heterocycles. The first kappa shape index (κ1) is 7.10. The number of carbonyl (C=O) groups is 2. The highest BCUT2D eigenvalue weighted by Gasteiger charge is 1.95. The third-order valence-electron chi connectivity index (χ3n) is 0.489. The fourth-order valence-electron chi connectivity index (χ4n) is 0.173. The van der Waals surface area contributed by atoms with Gasteiger partial charge in [0.05, 0.1) is 0 Å². The Hall–Kier alpha value is -0.900. The molecule has 0 unspecified atom stereocenters. The molecule has 1 N–H and O–H groups in total. The van der Waals surface area contributed by atoms with Crippen LogP contribution in [0.15, 0.2) is 0 Å². The van der Waals surface area contributed by atoms with Gasteiger partial charge < -0.3 is 9.84 Å². The maximum absolute atomic E-state index is 10.0. The largest absolute Gasteiger partial charge is 0.460 e. The summed E-state index contributed by atoms with van der Waals surface area (Å²) in [5.74, 6) is -0.503. The minimum atomic E-state index is -0.576. The molecule has 8 heavy (non-hydrogen) atoms. The lowest BCUT2D eigenvalue weighted by Gasteiger charge is -1.90. The highest BCUT2D eigenvalue weighted by atomic mass is 16.5. The van der Waals surface area contributed by atoms with Crippen molar-refractivity contribution in [3.8, 4) is 0 Å². The zero-order valence-corrected chi connectivity index (χ0v) is 4.16. The highest BCUT2D eigenvalue weighted by molar-refractivity contribution is 5.81. The number of aliphatic hydroxyl groups excluding tert-OH is 1. The van der Waals surface area contributed by atoms with Gasteiger partial charge in [-0.25, -0.2) is 0 Å². The van der Waals surface area contributed by atoms with E-state index in [1.165, 1.54) is 0 Å². The molecule has 0 fully saturated rings. The van der Waals surface area contributed by atoms with Gasteiger partial charge in [-0.1, -0.05) is 0 Å². The second kappa shape index (κ2) is 4.26. The topological polar surface area (TPSA) is 63.6 Å². The van der Waals surface area contributed by atoms with Gasteiger partial charge >= 0.3 is 0 Å². The zero-order chi connectivity index (χ0) is 6.41. The standard InChI is InChI=1S/C4H6O4/c5-1-4(7)2-8-3-6/h3,5H,1-2H2. The van der Waals surface area contributed by atoms with Gasteiger partial charge in [-0.3, -0.25) is 9.59 Å². The minimum Gasteiger partial charge on any atom is -0.460 e. The van der Waals surface area contributed by atoms with Crippen LogP contribution < -0.4 is 0 Å². The van der Waals surface area contributed by atoms with Gasteiger partial charge in [0.2, 0.25) is 0 Å². The highest BCUT2D eigenvalue weighted by Crippen LogP contribution is 1.69. The molecule has 0 aliphatic carbocycles. The van der Waals surface area contributed by atoms with Gasteiger partial charge in [0, 0.05) is 0 Å². The predicted molar refractivity (Wildman–Crippen MR) is 24.1 cm³/mol. The van der Waals surface area contributed by atoms with Crippen LogP contribution in [0.1, 0.15) is 0 Å². The number of hydrogen-bond donors (Lipinski definition) is 1. The molecule has 0 saturated heterocycles. The number of ether oxygens (including phenoxy) is 1. The van der Waals surface area contributed by atoms with Gasteiger partial charge in [0.15, 0.2) is 12.4 Å². The van der Waals surface area contributed by atoms with E-state index >= 15 is 0 Å². The molecule has 0 radical (unpaired) electrons. The second-order valence-corrected chi connectivity index (χ2v) is 1.10. The number of carbonyl (C=O) groups excluding carboxylic acids is 2. The second-order valence-electron chi connectivity index (χ2n) is 1.10. The lowest BCUT2D eigenvalue weighted by Crippen LogP contribution is -2.11. The Bertz CT molecular complexity index is 88.0. The lowest BCUT2D eigenvalue weighted by atomic mass is 10.5. The molecule has 0 aliphatic rings. The summed E-state index contributed by atoms with van der Waals surface area (Å²) in [7, 11) is 0. The third kappa shape index (κ3) is 3.30. The first-order valence-corrected chi connectivity index (χ1v) is 1.99. The van der Waals surface area contributed by atoms with Gasteiger partial charge in [-0.15, -0.1) is 0 Å². The molecule has 4 nitrogen and oxygen atoms in total. The maximum atomic E-state index is 10.0. The van der Waals surface area contributed by atoms with E-state index < -0.39 is 12.4 Å². The van der Waals surface area contributed by atoms with E-state index in [2.05, 4.69) is 4.74 Å². The number of Topliss-reactive ketones (excluding diaryl/α,β-unsaturated/α-hetero) is 1. The molecule has 0 heterocycles. The van der Waals surface area contributed by atoms with Gasteiger partial charge in [0.25, 0.3) is 6.47 Å². The first-order chi connectivity index (χ1) is 3.81. The Morgan fingerprint density at radius 1 is 1.75 bits per heavy atom. The van der Waals surface area contributed by atoms with E-state index in [0.29, 0.717) is 0 Å². The van der Waals surface area contributed by atoms with Crippen molar-refractivity contribution >= 4 is 12.3 Å². The van der Waals surface area contributed by atoms with Crippen LogP contribution >= 0.6 is 0 Å². The molecular formula is C4H6O4. The van der Waals surface area contributed by atoms with Crippen LogP contribution in [0, 0.1) is 0 Å². The van der Waals surface area contributed by atoms with Gasteiger partial charge in [0.1, 0.15) is 6.61 Å². The van der Waals surface area contributed by atoms with E-state index in [1.54, 1.807) is 0 Å². The van der Waals surface area contributed by atoms with E-state index in [1.807, 2.05) is 0 Å². The Labute approximate surface area is 46.1 Å². The quantitative estimate of drug-likeness (QED) is 0.467. The minimum absolute atomic E-state index is 0.160. The molecule has 4 heteroatoms. The molecule has 0 spiro atoms. The molecule has 46 valence electrons. The summed E-state index contributed by atoms with van der Waals surface area (Å²) in [6.45, 7) is -0.749. The molecule has 0 rings (SSSR count). The summed E-state index contributed by atoms with van der Waals surface area (Å²) >= 11 is 0. The average molecular weight is 118 g/mol. The average Bonchev–Trinajstić information content (AvgIpc) is 1.83. The molecular weight excluding hydrogens is 112 g/mol. The molecule has 0 aromatic carbocycles. The summed E-state index contributed by atoms with van der Waals surface area (Å²) in [5, 5.41) is 8.02. The number of hydrogen-bond acceptors (Lipinski definition) is 4. The molecule has 0 saturated carbocycles. The smallest absolute Gasteiger partial charge is 0.293 e. The Morgan fingerprint density at radius 3 is 2.75 bits per heavy atom. The van der Waals surface area contributed by atoms with Crippen LogP contribution in [0.4, 0.5) is 0 Å². The van der Waals surface area contributed by atoms with Crippen molar-refractivity contribution < 1.29 is 19.4 Å². The van der Waals surface area contributed by atoms with E-state index in [-0.39, 0.29) is 13.1 Å². The summed E-state index contributed by atoms with van der Waals surface area (Å²) < 4.78 is 4.00. The van der Waals surface area contributed by atoms with E-state index in [0.717, 1.165) is 0 Å². The first-order valence-electron chi connectivity index (χ1n) is 1.99. The van der Waals surface area contributed by atoms with Crippen LogP contribution in [0.5, 0.6) is 0 Å². The van der Waals surface area contributed by atoms with Crippen LogP contribution in [-0.2, 0) is 14.3 Å². The molecule has 0 atom stereocenters. The van der Waals surface area contributed by atoms with Gasteiger partial charge in [-0.05, 0) is 0 Å². The van der Waals surface area contributed by atoms with Crippen molar-refractivity contribution in [1.82, 2.24) is 0 Å². The number of rotatable bonds is 4.